The molecule has 0 aromatic heterocycles. The summed E-state index contributed by atoms with van der Waals surface area (Å²) >= 11 is 0. The summed E-state index contributed by atoms with van der Waals surface area (Å²) in [4.78, 5) is 0. The van der Waals surface area contributed by atoms with Gasteiger partial charge in [-0.25, -0.2) is 13.1 Å². The van der Waals surface area contributed by atoms with Gasteiger partial charge in [-0.3, -0.25) is 0 Å². The van der Waals surface area contributed by atoms with Gasteiger partial charge in [-0.1, -0.05) is 24.3 Å². The van der Waals surface area contributed by atoms with Crippen molar-refractivity contribution in [2.45, 2.75) is 24.9 Å². The van der Waals surface area contributed by atoms with Gasteiger partial charge in [0, 0.05) is 13.0 Å². The summed E-state index contributed by atoms with van der Waals surface area (Å²) in [6.07, 6.45) is 2.99. The summed E-state index contributed by atoms with van der Waals surface area (Å²) in [6, 6.07) is 7.96. The fourth-order valence-electron chi connectivity index (χ4n) is 2.20. The summed E-state index contributed by atoms with van der Waals surface area (Å²) in [5.41, 5.74) is 1.39. The molecule has 1 aromatic carbocycles. The molecule has 17 heavy (non-hydrogen) atoms. The number of nitrogens with one attached hydrogen (secondary N) is 1. The number of aliphatic hydroxyl groups is 1. The minimum Gasteiger partial charge on any atom is -0.388 e. The van der Waals surface area contributed by atoms with Gasteiger partial charge in [-0.2, -0.15) is 0 Å². The Bertz CT molecular complexity index is 512. The first-order valence-electron chi connectivity index (χ1n) is 5.62. The van der Waals surface area contributed by atoms with Gasteiger partial charge in [0.2, 0.25) is 10.0 Å². The lowest BCUT2D eigenvalue weighted by atomic mass is 9.80. The van der Waals surface area contributed by atoms with Gasteiger partial charge in [0.05, 0.1) is 11.9 Å². The molecule has 1 aromatic rings. The first-order valence-corrected chi connectivity index (χ1v) is 7.51. The van der Waals surface area contributed by atoms with E-state index in [0.29, 0.717) is 12.8 Å². The Labute approximate surface area is 102 Å². The number of rotatable bonds is 3. The van der Waals surface area contributed by atoms with E-state index < -0.39 is 15.6 Å². The van der Waals surface area contributed by atoms with E-state index in [-0.39, 0.29) is 6.54 Å². The van der Waals surface area contributed by atoms with Crippen LogP contribution in [0, 0.1) is 0 Å². The molecule has 0 amide bonds. The van der Waals surface area contributed by atoms with Crippen LogP contribution in [0.15, 0.2) is 24.3 Å². The average molecular weight is 255 g/mol. The highest BCUT2D eigenvalue weighted by Crippen LogP contribution is 2.28. The molecule has 0 fully saturated rings. The monoisotopic (exact) mass is 255 g/mol. The van der Waals surface area contributed by atoms with E-state index in [0.717, 1.165) is 18.2 Å². The molecule has 5 heteroatoms. The van der Waals surface area contributed by atoms with Crippen LogP contribution in [-0.2, 0) is 22.9 Å². The van der Waals surface area contributed by atoms with Gasteiger partial charge >= 0.3 is 0 Å². The summed E-state index contributed by atoms with van der Waals surface area (Å²) in [5, 5.41) is 10.4. The molecule has 94 valence electrons. The van der Waals surface area contributed by atoms with Gasteiger partial charge in [0.1, 0.15) is 0 Å². The van der Waals surface area contributed by atoms with E-state index in [9.17, 15) is 13.5 Å². The predicted octanol–water partition coefficient (Wildman–Crippen LogP) is 0.456. The van der Waals surface area contributed by atoms with Crippen LogP contribution in [0.4, 0.5) is 0 Å². The molecule has 0 unspecified atom stereocenters. The van der Waals surface area contributed by atoms with Crippen molar-refractivity contribution in [2.24, 2.45) is 0 Å². The third kappa shape index (κ3) is 3.28. The number of sulfonamides is 1. The van der Waals surface area contributed by atoms with E-state index in [2.05, 4.69) is 10.8 Å². The lowest BCUT2D eigenvalue weighted by molar-refractivity contribution is 0.0318. The highest BCUT2D eigenvalue weighted by molar-refractivity contribution is 7.88. The first-order chi connectivity index (χ1) is 7.88. The van der Waals surface area contributed by atoms with Crippen LogP contribution in [0.2, 0.25) is 0 Å². The Morgan fingerprint density at radius 3 is 2.65 bits per heavy atom. The van der Waals surface area contributed by atoms with Crippen molar-refractivity contribution in [2.75, 3.05) is 12.8 Å². The maximum absolute atomic E-state index is 11.0. The smallest absolute Gasteiger partial charge is 0.208 e. The van der Waals surface area contributed by atoms with Crippen molar-refractivity contribution < 1.29 is 13.5 Å². The summed E-state index contributed by atoms with van der Waals surface area (Å²) < 4.78 is 24.5. The zero-order valence-electron chi connectivity index (χ0n) is 9.81. The van der Waals surface area contributed by atoms with Crippen LogP contribution >= 0.6 is 0 Å². The third-order valence-corrected chi connectivity index (χ3v) is 3.83. The standard InChI is InChI=1S/C12H17NO3S/c1-17(15,16)13-9-12(14)7-6-10-4-2-3-5-11(10)8-12/h2-5,13-14H,6-9H2,1H3/t12-/m0/s1. The van der Waals surface area contributed by atoms with E-state index in [1.54, 1.807) is 0 Å². The third-order valence-electron chi connectivity index (χ3n) is 3.16. The predicted molar refractivity (Wildman–Crippen MR) is 66.3 cm³/mol. The van der Waals surface area contributed by atoms with Crippen LogP contribution in [0.5, 0.6) is 0 Å². The number of benzene rings is 1. The fraction of sp³-hybridized carbons (Fsp3) is 0.500. The Kier molecular flexibility index (Phi) is 3.25. The molecule has 0 saturated heterocycles. The van der Waals surface area contributed by atoms with Crippen molar-refractivity contribution >= 4 is 10.0 Å². The van der Waals surface area contributed by atoms with Gasteiger partial charge in [-0.05, 0) is 24.0 Å². The lowest BCUT2D eigenvalue weighted by Crippen LogP contribution is -2.46. The second-order valence-corrected chi connectivity index (χ2v) is 6.60. The fourth-order valence-corrected chi connectivity index (χ4v) is 2.73. The minimum absolute atomic E-state index is 0.0835. The second-order valence-electron chi connectivity index (χ2n) is 4.76. The molecule has 1 aliphatic rings. The number of aryl methyl sites for hydroxylation is 1. The molecule has 2 rings (SSSR count). The van der Waals surface area contributed by atoms with E-state index >= 15 is 0 Å². The van der Waals surface area contributed by atoms with Crippen molar-refractivity contribution in [3.63, 3.8) is 0 Å². The molecular weight excluding hydrogens is 238 g/mol. The first kappa shape index (κ1) is 12.5. The van der Waals surface area contributed by atoms with E-state index in [1.165, 1.54) is 5.56 Å². The van der Waals surface area contributed by atoms with E-state index in [1.807, 2.05) is 18.2 Å². The van der Waals surface area contributed by atoms with E-state index in [4.69, 9.17) is 0 Å². The molecule has 0 saturated carbocycles. The topological polar surface area (TPSA) is 66.4 Å². The molecule has 1 atom stereocenters. The average Bonchev–Trinajstić information content (AvgIpc) is 2.26. The van der Waals surface area contributed by atoms with Crippen molar-refractivity contribution in [1.29, 1.82) is 0 Å². The highest BCUT2D eigenvalue weighted by Gasteiger charge is 2.32. The Hall–Kier alpha value is -0.910. The zero-order valence-corrected chi connectivity index (χ0v) is 10.6. The lowest BCUT2D eigenvalue weighted by Gasteiger charge is -2.33. The Balaban J connectivity index is 2.10. The maximum atomic E-state index is 11.0. The largest absolute Gasteiger partial charge is 0.388 e. The second kappa shape index (κ2) is 4.40. The van der Waals surface area contributed by atoms with Crippen LogP contribution in [-0.4, -0.2) is 31.9 Å². The zero-order chi connectivity index (χ0) is 12.5. The molecule has 4 nitrogen and oxygen atoms in total. The minimum atomic E-state index is -3.25. The van der Waals surface area contributed by atoms with Crippen molar-refractivity contribution in [1.82, 2.24) is 4.72 Å². The molecule has 0 aliphatic heterocycles. The molecular formula is C12H17NO3S. The van der Waals surface area contributed by atoms with Gasteiger partial charge in [-0.15, -0.1) is 0 Å². The summed E-state index contributed by atoms with van der Waals surface area (Å²) in [6.45, 7) is 0.0835. The molecule has 0 radical (unpaired) electrons. The van der Waals surface area contributed by atoms with Crippen molar-refractivity contribution in [3.05, 3.63) is 35.4 Å². The highest BCUT2D eigenvalue weighted by atomic mass is 32.2. The van der Waals surface area contributed by atoms with Gasteiger partial charge < -0.3 is 5.11 Å². The molecule has 0 heterocycles. The summed E-state index contributed by atoms with van der Waals surface area (Å²) in [5.74, 6) is 0. The Morgan fingerprint density at radius 2 is 2.00 bits per heavy atom. The molecule has 1 aliphatic carbocycles. The normalized spacial score (nSPS) is 24.4. The summed E-state index contributed by atoms with van der Waals surface area (Å²) in [7, 11) is -3.25. The molecule has 0 bridgehead atoms. The van der Waals surface area contributed by atoms with Crippen molar-refractivity contribution in [3.8, 4) is 0 Å². The Morgan fingerprint density at radius 1 is 1.35 bits per heavy atom. The maximum Gasteiger partial charge on any atom is 0.208 e. The van der Waals surface area contributed by atoms with Gasteiger partial charge in [0.15, 0.2) is 0 Å². The van der Waals surface area contributed by atoms with Crippen LogP contribution in [0.25, 0.3) is 0 Å². The van der Waals surface area contributed by atoms with Crippen LogP contribution < -0.4 is 4.72 Å². The number of fused-ring (bicyclic) bond motifs is 1. The number of hydrogen-bond donors (Lipinski definition) is 2. The molecule has 0 spiro atoms. The quantitative estimate of drug-likeness (QED) is 0.824. The molecule has 2 N–H and O–H groups in total. The van der Waals surface area contributed by atoms with Crippen LogP contribution in [0.3, 0.4) is 0 Å². The number of hydrogen-bond acceptors (Lipinski definition) is 3. The van der Waals surface area contributed by atoms with Gasteiger partial charge in [0.25, 0.3) is 0 Å². The van der Waals surface area contributed by atoms with Crippen LogP contribution in [0.1, 0.15) is 17.5 Å². The SMILES string of the molecule is CS(=O)(=O)NC[C@]1(O)CCc2ccccc2C1.